The molecule has 0 amide bonds. The Morgan fingerprint density at radius 2 is 1.81 bits per heavy atom. The lowest BCUT2D eigenvalue weighted by atomic mass is 10.2. The van der Waals surface area contributed by atoms with Gasteiger partial charge in [-0.05, 0) is 49.7 Å². The molecule has 0 unspecified atom stereocenters. The van der Waals surface area contributed by atoms with Crippen LogP contribution in [-0.2, 0) is 9.84 Å². The zero-order chi connectivity index (χ0) is 12.0. The highest BCUT2D eigenvalue weighted by atomic mass is 32.2. The van der Waals surface area contributed by atoms with Crippen molar-refractivity contribution in [2.24, 2.45) is 0 Å². The van der Waals surface area contributed by atoms with Gasteiger partial charge in [-0.1, -0.05) is 6.07 Å². The quantitative estimate of drug-likeness (QED) is 0.781. The van der Waals surface area contributed by atoms with Gasteiger partial charge >= 0.3 is 0 Å². The summed E-state index contributed by atoms with van der Waals surface area (Å²) in [6, 6.07) is 7.31. The smallest absolute Gasteiger partial charge is 0.183 e. The Balaban J connectivity index is 2.64. The van der Waals surface area contributed by atoms with Crippen molar-refractivity contribution in [3.05, 3.63) is 29.6 Å². The average molecular weight is 254 g/mol. The molecule has 0 N–H and O–H groups in total. The summed E-state index contributed by atoms with van der Waals surface area (Å²) < 4.78 is 24.7. The lowest BCUT2D eigenvalue weighted by Gasteiger charge is -2.19. The van der Waals surface area contributed by atoms with E-state index < -0.39 is 14.6 Å². The number of hydrogen-bond acceptors (Lipinski definition) is 3. The highest BCUT2D eigenvalue weighted by Crippen LogP contribution is 2.29. The molecular formula is C12H14O2S2. The summed E-state index contributed by atoms with van der Waals surface area (Å²) in [6.45, 7) is 5.17. The van der Waals surface area contributed by atoms with Crippen molar-refractivity contribution < 1.29 is 8.42 Å². The molecule has 0 saturated heterocycles. The topological polar surface area (TPSA) is 34.1 Å². The molecule has 0 radical (unpaired) electrons. The van der Waals surface area contributed by atoms with Crippen LogP contribution in [0.25, 0.3) is 10.1 Å². The van der Waals surface area contributed by atoms with Crippen LogP contribution < -0.4 is 0 Å². The van der Waals surface area contributed by atoms with Crippen LogP contribution >= 0.6 is 11.3 Å². The van der Waals surface area contributed by atoms with E-state index in [-0.39, 0.29) is 0 Å². The van der Waals surface area contributed by atoms with E-state index in [0.29, 0.717) is 4.90 Å². The predicted molar refractivity (Wildman–Crippen MR) is 68.8 cm³/mol. The molecule has 1 aromatic heterocycles. The van der Waals surface area contributed by atoms with Crippen molar-refractivity contribution >= 4 is 31.3 Å². The number of benzene rings is 1. The standard InChI is InChI=1S/C12H14O2S2/c1-12(2,3)16(13,14)10-5-4-9-6-7-15-11(9)8-10/h4-8H,1-3H3. The minimum Gasteiger partial charge on any atom is -0.223 e. The van der Waals surface area contributed by atoms with Crippen LogP contribution in [0.4, 0.5) is 0 Å². The molecule has 2 rings (SSSR count). The summed E-state index contributed by atoms with van der Waals surface area (Å²) in [5, 5.41) is 3.07. The monoisotopic (exact) mass is 254 g/mol. The molecule has 0 aliphatic rings. The highest BCUT2D eigenvalue weighted by Gasteiger charge is 2.30. The molecular weight excluding hydrogens is 240 g/mol. The van der Waals surface area contributed by atoms with Gasteiger partial charge in [-0.25, -0.2) is 8.42 Å². The lowest BCUT2D eigenvalue weighted by Crippen LogP contribution is -2.27. The first-order chi connectivity index (χ1) is 7.32. The van der Waals surface area contributed by atoms with Crippen LogP contribution in [0.15, 0.2) is 34.5 Å². The van der Waals surface area contributed by atoms with Crippen LogP contribution in [0.2, 0.25) is 0 Å². The fraction of sp³-hybridized carbons (Fsp3) is 0.333. The molecule has 0 aliphatic carbocycles. The van der Waals surface area contributed by atoms with Gasteiger partial charge in [0.1, 0.15) is 0 Å². The Labute approximate surface area is 99.8 Å². The van der Waals surface area contributed by atoms with E-state index in [2.05, 4.69) is 0 Å². The van der Waals surface area contributed by atoms with Crippen LogP contribution in [-0.4, -0.2) is 13.2 Å². The van der Waals surface area contributed by atoms with E-state index in [4.69, 9.17) is 0 Å². The molecule has 0 saturated carbocycles. The van der Waals surface area contributed by atoms with Gasteiger partial charge < -0.3 is 0 Å². The van der Waals surface area contributed by atoms with E-state index in [1.54, 1.807) is 44.2 Å². The Bertz CT molecular complexity index is 616. The van der Waals surface area contributed by atoms with Gasteiger partial charge in [-0.2, -0.15) is 0 Å². The van der Waals surface area contributed by atoms with E-state index in [9.17, 15) is 8.42 Å². The first-order valence-electron chi connectivity index (χ1n) is 5.04. The molecule has 0 bridgehead atoms. The van der Waals surface area contributed by atoms with Gasteiger partial charge in [0, 0.05) is 4.70 Å². The first kappa shape index (κ1) is 11.6. The van der Waals surface area contributed by atoms with Crippen molar-refractivity contribution in [2.75, 3.05) is 0 Å². The maximum absolute atomic E-state index is 12.2. The van der Waals surface area contributed by atoms with E-state index in [1.165, 1.54) is 0 Å². The van der Waals surface area contributed by atoms with Crippen molar-refractivity contribution in [2.45, 2.75) is 30.4 Å². The minimum atomic E-state index is -3.24. The summed E-state index contributed by atoms with van der Waals surface area (Å²) in [5.41, 5.74) is 0. The summed E-state index contributed by atoms with van der Waals surface area (Å²) in [5.74, 6) is 0. The Morgan fingerprint density at radius 1 is 1.12 bits per heavy atom. The van der Waals surface area contributed by atoms with Crippen molar-refractivity contribution in [3.8, 4) is 0 Å². The predicted octanol–water partition coefficient (Wildman–Crippen LogP) is 3.47. The first-order valence-corrected chi connectivity index (χ1v) is 7.40. The largest absolute Gasteiger partial charge is 0.223 e. The van der Waals surface area contributed by atoms with Crippen molar-refractivity contribution in [3.63, 3.8) is 0 Å². The Hall–Kier alpha value is -0.870. The molecule has 1 aromatic carbocycles. The number of rotatable bonds is 1. The molecule has 2 nitrogen and oxygen atoms in total. The molecule has 1 heterocycles. The van der Waals surface area contributed by atoms with E-state index in [1.807, 2.05) is 17.5 Å². The maximum atomic E-state index is 12.2. The molecule has 4 heteroatoms. The molecule has 0 atom stereocenters. The van der Waals surface area contributed by atoms with Crippen LogP contribution in [0.5, 0.6) is 0 Å². The third-order valence-corrected chi connectivity index (χ3v) is 5.91. The molecule has 86 valence electrons. The molecule has 0 spiro atoms. The van der Waals surface area contributed by atoms with Crippen LogP contribution in [0.1, 0.15) is 20.8 Å². The second kappa shape index (κ2) is 3.57. The van der Waals surface area contributed by atoms with Gasteiger partial charge in [0.25, 0.3) is 0 Å². The fourth-order valence-corrected chi connectivity index (χ4v) is 3.59. The SMILES string of the molecule is CC(C)(C)S(=O)(=O)c1ccc2ccsc2c1. The summed E-state index contributed by atoms with van der Waals surface area (Å²) in [6.07, 6.45) is 0. The highest BCUT2D eigenvalue weighted by molar-refractivity contribution is 7.92. The van der Waals surface area contributed by atoms with E-state index >= 15 is 0 Å². The average Bonchev–Trinajstić information content (AvgIpc) is 2.61. The summed E-state index contributed by atoms with van der Waals surface area (Å²) >= 11 is 1.56. The number of hydrogen-bond donors (Lipinski definition) is 0. The van der Waals surface area contributed by atoms with E-state index in [0.717, 1.165) is 10.1 Å². The number of fused-ring (bicyclic) bond motifs is 1. The fourth-order valence-electron chi connectivity index (χ4n) is 1.46. The Morgan fingerprint density at radius 3 is 2.44 bits per heavy atom. The van der Waals surface area contributed by atoms with Crippen LogP contribution in [0.3, 0.4) is 0 Å². The molecule has 16 heavy (non-hydrogen) atoms. The maximum Gasteiger partial charge on any atom is 0.183 e. The van der Waals surface area contributed by atoms with Gasteiger partial charge in [-0.3, -0.25) is 0 Å². The zero-order valence-electron chi connectivity index (χ0n) is 9.52. The van der Waals surface area contributed by atoms with Gasteiger partial charge in [-0.15, -0.1) is 11.3 Å². The van der Waals surface area contributed by atoms with Gasteiger partial charge in [0.2, 0.25) is 0 Å². The second-order valence-electron chi connectivity index (χ2n) is 4.74. The third-order valence-electron chi connectivity index (χ3n) is 2.54. The summed E-state index contributed by atoms with van der Waals surface area (Å²) in [4.78, 5) is 0.412. The molecule has 0 fully saturated rings. The zero-order valence-corrected chi connectivity index (χ0v) is 11.2. The van der Waals surface area contributed by atoms with Crippen LogP contribution in [0, 0.1) is 0 Å². The summed E-state index contributed by atoms with van der Waals surface area (Å²) in [7, 11) is -3.24. The number of sulfone groups is 1. The minimum absolute atomic E-state index is 0.412. The van der Waals surface area contributed by atoms with Gasteiger partial charge in [0.05, 0.1) is 9.64 Å². The second-order valence-corrected chi connectivity index (χ2v) is 8.39. The van der Waals surface area contributed by atoms with Crippen molar-refractivity contribution in [1.82, 2.24) is 0 Å². The Kier molecular flexibility index (Phi) is 2.59. The van der Waals surface area contributed by atoms with Gasteiger partial charge in [0.15, 0.2) is 9.84 Å². The third kappa shape index (κ3) is 1.76. The number of thiophene rings is 1. The van der Waals surface area contributed by atoms with Crippen molar-refractivity contribution in [1.29, 1.82) is 0 Å². The molecule has 2 aromatic rings. The lowest BCUT2D eigenvalue weighted by molar-refractivity contribution is 0.560. The normalized spacial score (nSPS) is 13.2. The molecule has 0 aliphatic heterocycles.